The van der Waals surface area contributed by atoms with Gasteiger partial charge in [-0.15, -0.1) is 0 Å². The van der Waals surface area contributed by atoms with Crippen LogP contribution in [0.2, 0.25) is 0 Å². The van der Waals surface area contributed by atoms with Crippen molar-refractivity contribution in [1.82, 2.24) is 4.90 Å². The van der Waals surface area contributed by atoms with E-state index >= 15 is 0 Å². The molecule has 0 spiro atoms. The van der Waals surface area contributed by atoms with E-state index < -0.39 is 0 Å². The Morgan fingerprint density at radius 1 is 1.33 bits per heavy atom. The van der Waals surface area contributed by atoms with Crippen LogP contribution in [-0.2, 0) is 4.79 Å². The van der Waals surface area contributed by atoms with Crippen LogP contribution in [0.3, 0.4) is 0 Å². The van der Waals surface area contributed by atoms with Gasteiger partial charge in [0.2, 0.25) is 5.91 Å². The maximum absolute atomic E-state index is 11.8. The van der Waals surface area contributed by atoms with Crippen molar-refractivity contribution in [2.24, 2.45) is 11.8 Å². The van der Waals surface area contributed by atoms with Crippen molar-refractivity contribution in [3.63, 3.8) is 0 Å². The molecule has 0 fully saturated rings. The number of nitrogens with zero attached hydrogens (tertiary/aromatic N) is 1. The van der Waals surface area contributed by atoms with E-state index in [0.717, 1.165) is 6.42 Å². The predicted molar refractivity (Wildman–Crippen MR) is 65.6 cm³/mol. The first kappa shape index (κ1) is 13.9. The Hall–Kier alpha value is -1.05. The molecule has 1 amide bonds. The molecule has 0 saturated heterocycles. The van der Waals surface area contributed by atoms with Crippen LogP contribution >= 0.6 is 0 Å². The van der Waals surface area contributed by atoms with E-state index in [0.29, 0.717) is 0 Å². The summed E-state index contributed by atoms with van der Waals surface area (Å²) in [6.45, 7) is 9.90. The third-order valence-corrected chi connectivity index (χ3v) is 2.91. The van der Waals surface area contributed by atoms with E-state index in [-0.39, 0.29) is 17.7 Å². The second-order valence-corrected chi connectivity index (χ2v) is 4.14. The van der Waals surface area contributed by atoms with Gasteiger partial charge in [0.1, 0.15) is 0 Å². The third kappa shape index (κ3) is 3.90. The Morgan fingerprint density at radius 3 is 2.20 bits per heavy atom. The molecule has 0 aromatic heterocycles. The largest absolute Gasteiger partial charge is 0.349 e. The van der Waals surface area contributed by atoms with Crippen LogP contribution in [0.5, 0.6) is 0 Å². The van der Waals surface area contributed by atoms with Crippen LogP contribution in [0.15, 0.2) is 24.3 Å². The van der Waals surface area contributed by atoms with Crippen LogP contribution in [0, 0.1) is 11.8 Å². The Bertz CT molecular complexity index is 253. The van der Waals surface area contributed by atoms with Crippen molar-refractivity contribution in [2.45, 2.75) is 27.2 Å². The fraction of sp³-hybridized carbons (Fsp3) is 0.615. The molecule has 2 heteroatoms. The van der Waals surface area contributed by atoms with E-state index in [1.807, 2.05) is 13.0 Å². The van der Waals surface area contributed by atoms with Crippen molar-refractivity contribution < 1.29 is 4.79 Å². The first-order valence-corrected chi connectivity index (χ1v) is 5.48. The summed E-state index contributed by atoms with van der Waals surface area (Å²) in [7, 11) is 3.60. The first-order valence-electron chi connectivity index (χ1n) is 5.48. The monoisotopic (exact) mass is 209 g/mol. The Morgan fingerprint density at radius 2 is 1.87 bits per heavy atom. The minimum Gasteiger partial charge on any atom is -0.349 e. The molecule has 0 aromatic rings. The maximum Gasteiger partial charge on any atom is 0.225 e. The smallest absolute Gasteiger partial charge is 0.225 e. The molecule has 0 aromatic carbocycles. The van der Waals surface area contributed by atoms with Gasteiger partial charge in [-0.25, -0.2) is 0 Å². The van der Waals surface area contributed by atoms with Crippen molar-refractivity contribution >= 4 is 5.91 Å². The lowest BCUT2D eigenvalue weighted by molar-refractivity contribution is -0.133. The summed E-state index contributed by atoms with van der Waals surface area (Å²) in [5.41, 5.74) is 1.28. The Kier molecular flexibility index (Phi) is 5.99. The maximum atomic E-state index is 11.8. The van der Waals surface area contributed by atoms with Gasteiger partial charge in [-0.1, -0.05) is 45.1 Å². The zero-order chi connectivity index (χ0) is 12.0. The standard InChI is InChI=1S/C13H23NO/c1-7-9-12(8-2)10(3)11(4)13(15)14(5)6/h7,9-11H,1,8H2,2-6H3/b12-9-/t10-,11?/m1/s1. The van der Waals surface area contributed by atoms with E-state index in [2.05, 4.69) is 20.4 Å². The average Bonchev–Trinajstić information content (AvgIpc) is 2.22. The van der Waals surface area contributed by atoms with E-state index in [1.54, 1.807) is 25.1 Å². The topological polar surface area (TPSA) is 20.3 Å². The van der Waals surface area contributed by atoms with Crippen molar-refractivity contribution in [1.29, 1.82) is 0 Å². The first-order chi connectivity index (χ1) is 6.95. The zero-order valence-electron chi connectivity index (χ0n) is 10.6. The highest BCUT2D eigenvalue weighted by Crippen LogP contribution is 2.24. The van der Waals surface area contributed by atoms with Crippen LogP contribution in [-0.4, -0.2) is 24.9 Å². The molecule has 15 heavy (non-hydrogen) atoms. The number of allylic oxidation sites excluding steroid dienone is 3. The zero-order valence-corrected chi connectivity index (χ0v) is 10.6. The lowest BCUT2D eigenvalue weighted by atomic mass is 9.86. The predicted octanol–water partition coefficient (Wildman–Crippen LogP) is 2.87. The molecule has 86 valence electrons. The van der Waals surface area contributed by atoms with Crippen LogP contribution < -0.4 is 0 Å². The molecule has 0 heterocycles. The van der Waals surface area contributed by atoms with E-state index in [1.165, 1.54) is 5.57 Å². The number of hydrogen-bond acceptors (Lipinski definition) is 1. The minimum absolute atomic E-state index is 0.0335. The number of hydrogen-bond donors (Lipinski definition) is 0. The third-order valence-electron chi connectivity index (χ3n) is 2.91. The van der Waals surface area contributed by atoms with Gasteiger partial charge >= 0.3 is 0 Å². The lowest BCUT2D eigenvalue weighted by Gasteiger charge is -2.24. The van der Waals surface area contributed by atoms with Gasteiger partial charge in [0, 0.05) is 20.0 Å². The molecule has 0 N–H and O–H groups in total. The summed E-state index contributed by atoms with van der Waals surface area (Å²) in [4.78, 5) is 13.4. The van der Waals surface area contributed by atoms with Crippen LogP contribution in [0.4, 0.5) is 0 Å². The molecule has 1 unspecified atom stereocenters. The van der Waals surface area contributed by atoms with Crippen LogP contribution in [0.25, 0.3) is 0 Å². The highest BCUT2D eigenvalue weighted by Gasteiger charge is 2.23. The van der Waals surface area contributed by atoms with Crippen LogP contribution in [0.1, 0.15) is 27.2 Å². The van der Waals surface area contributed by atoms with Gasteiger partial charge in [0.05, 0.1) is 0 Å². The number of rotatable bonds is 5. The fourth-order valence-corrected chi connectivity index (χ4v) is 1.69. The molecule has 0 aliphatic carbocycles. The van der Waals surface area contributed by atoms with Crippen molar-refractivity contribution in [3.05, 3.63) is 24.3 Å². The molecule has 2 atom stereocenters. The number of amides is 1. The molecule has 0 aliphatic heterocycles. The summed E-state index contributed by atoms with van der Waals surface area (Å²) in [5, 5.41) is 0. The second kappa shape index (κ2) is 6.44. The van der Waals surface area contributed by atoms with Gasteiger partial charge in [0.25, 0.3) is 0 Å². The summed E-state index contributed by atoms with van der Waals surface area (Å²) < 4.78 is 0. The highest BCUT2D eigenvalue weighted by molar-refractivity contribution is 5.78. The summed E-state index contributed by atoms with van der Waals surface area (Å²) in [6.07, 6.45) is 4.78. The average molecular weight is 209 g/mol. The SMILES string of the molecule is C=C/C=C(/CC)[C@H](C)C(C)C(=O)N(C)C. The Labute approximate surface area is 93.7 Å². The molecular formula is C13H23NO. The highest BCUT2D eigenvalue weighted by atomic mass is 16.2. The molecular weight excluding hydrogens is 186 g/mol. The van der Waals surface area contributed by atoms with Gasteiger partial charge in [-0.05, 0) is 12.3 Å². The van der Waals surface area contributed by atoms with Gasteiger partial charge in [0.15, 0.2) is 0 Å². The van der Waals surface area contributed by atoms with E-state index in [9.17, 15) is 4.79 Å². The summed E-state index contributed by atoms with van der Waals surface area (Å²) >= 11 is 0. The second-order valence-electron chi connectivity index (χ2n) is 4.14. The number of carbonyl (C=O) groups is 1. The van der Waals surface area contributed by atoms with Gasteiger partial charge in [-0.3, -0.25) is 4.79 Å². The Balaban J connectivity index is 4.68. The molecule has 0 aliphatic rings. The molecule has 0 saturated carbocycles. The lowest BCUT2D eigenvalue weighted by Crippen LogP contribution is -2.32. The fourth-order valence-electron chi connectivity index (χ4n) is 1.69. The van der Waals surface area contributed by atoms with Crippen molar-refractivity contribution in [2.75, 3.05) is 14.1 Å². The molecule has 0 bridgehead atoms. The van der Waals surface area contributed by atoms with Gasteiger partial charge in [-0.2, -0.15) is 0 Å². The molecule has 2 nitrogen and oxygen atoms in total. The number of carbonyl (C=O) groups excluding carboxylic acids is 1. The quantitative estimate of drug-likeness (QED) is 0.638. The summed E-state index contributed by atoms with van der Waals surface area (Å²) in [6, 6.07) is 0. The van der Waals surface area contributed by atoms with E-state index in [4.69, 9.17) is 0 Å². The molecule has 0 rings (SSSR count). The minimum atomic E-state index is 0.0335. The van der Waals surface area contributed by atoms with Gasteiger partial charge < -0.3 is 4.90 Å². The summed E-state index contributed by atoms with van der Waals surface area (Å²) in [5.74, 6) is 0.500. The normalized spacial score (nSPS) is 15.7. The van der Waals surface area contributed by atoms with Crippen molar-refractivity contribution in [3.8, 4) is 0 Å². The molecule has 0 radical (unpaired) electrons.